The number of hydrogen-bond donors (Lipinski definition) is 0. The molecule has 2 nitrogen and oxygen atoms in total. The van der Waals surface area contributed by atoms with E-state index in [2.05, 4.69) is 12.1 Å². The SMILES string of the molecule is O=C1CCCOC1CCc1ccccc1. The quantitative estimate of drug-likeness (QED) is 0.755. The summed E-state index contributed by atoms with van der Waals surface area (Å²) in [7, 11) is 0. The topological polar surface area (TPSA) is 26.3 Å². The van der Waals surface area contributed by atoms with E-state index in [0.717, 1.165) is 25.9 Å². The Morgan fingerprint density at radius 3 is 2.80 bits per heavy atom. The van der Waals surface area contributed by atoms with Gasteiger partial charge in [0, 0.05) is 13.0 Å². The van der Waals surface area contributed by atoms with Gasteiger partial charge in [-0.15, -0.1) is 0 Å². The predicted molar refractivity (Wildman–Crippen MR) is 58.7 cm³/mol. The Morgan fingerprint density at radius 1 is 1.27 bits per heavy atom. The van der Waals surface area contributed by atoms with Gasteiger partial charge in [0.2, 0.25) is 0 Å². The largest absolute Gasteiger partial charge is 0.370 e. The Bertz CT molecular complexity index is 319. The molecule has 1 heterocycles. The van der Waals surface area contributed by atoms with Crippen molar-refractivity contribution in [3.63, 3.8) is 0 Å². The molecule has 1 fully saturated rings. The maximum Gasteiger partial charge on any atom is 0.161 e. The molecule has 1 aromatic rings. The third-order valence-electron chi connectivity index (χ3n) is 2.78. The van der Waals surface area contributed by atoms with Crippen molar-refractivity contribution in [2.75, 3.05) is 6.61 Å². The number of Topliss-reactive ketones (excluding diaryl/α,β-unsaturated/α-hetero) is 1. The van der Waals surface area contributed by atoms with Crippen molar-refractivity contribution < 1.29 is 9.53 Å². The lowest BCUT2D eigenvalue weighted by atomic mass is 10.0. The number of hydrogen-bond acceptors (Lipinski definition) is 2. The van der Waals surface area contributed by atoms with Gasteiger partial charge in [0.1, 0.15) is 6.10 Å². The molecular formula is C13H16O2. The molecule has 0 aliphatic carbocycles. The van der Waals surface area contributed by atoms with Gasteiger partial charge in [-0.25, -0.2) is 0 Å². The third kappa shape index (κ3) is 2.90. The van der Waals surface area contributed by atoms with E-state index in [-0.39, 0.29) is 11.9 Å². The van der Waals surface area contributed by atoms with Crippen LogP contribution in [0.1, 0.15) is 24.8 Å². The average Bonchev–Trinajstić information content (AvgIpc) is 2.29. The number of carbonyl (C=O) groups excluding carboxylic acids is 1. The van der Waals surface area contributed by atoms with Crippen molar-refractivity contribution in [2.45, 2.75) is 31.8 Å². The molecular weight excluding hydrogens is 188 g/mol. The first kappa shape index (κ1) is 10.4. The second kappa shape index (κ2) is 5.08. The summed E-state index contributed by atoms with van der Waals surface area (Å²) in [5.74, 6) is 0.275. The fourth-order valence-electron chi connectivity index (χ4n) is 1.91. The molecule has 15 heavy (non-hydrogen) atoms. The van der Waals surface area contributed by atoms with E-state index in [1.807, 2.05) is 18.2 Å². The molecule has 0 N–H and O–H groups in total. The molecule has 0 radical (unpaired) electrons. The molecule has 2 heteroatoms. The minimum atomic E-state index is -0.154. The molecule has 0 saturated carbocycles. The maximum atomic E-state index is 11.5. The summed E-state index contributed by atoms with van der Waals surface area (Å²) in [6.45, 7) is 0.741. The van der Waals surface area contributed by atoms with Crippen molar-refractivity contribution in [3.05, 3.63) is 35.9 Å². The van der Waals surface area contributed by atoms with Crippen LogP contribution in [0.4, 0.5) is 0 Å². The van der Waals surface area contributed by atoms with E-state index >= 15 is 0 Å². The van der Waals surface area contributed by atoms with Crippen LogP contribution in [0.3, 0.4) is 0 Å². The first-order chi connectivity index (χ1) is 7.36. The van der Waals surface area contributed by atoms with Crippen LogP contribution < -0.4 is 0 Å². The minimum absolute atomic E-state index is 0.154. The Morgan fingerprint density at radius 2 is 2.07 bits per heavy atom. The van der Waals surface area contributed by atoms with Gasteiger partial charge in [0.15, 0.2) is 5.78 Å². The van der Waals surface area contributed by atoms with E-state index in [0.29, 0.717) is 6.42 Å². The van der Waals surface area contributed by atoms with Crippen LogP contribution in [0.5, 0.6) is 0 Å². The van der Waals surface area contributed by atoms with Crippen LogP contribution in [-0.4, -0.2) is 18.5 Å². The zero-order chi connectivity index (χ0) is 10.5. The lowest BCUT2D eigenvalue weighted by Crippen LogP contribution is -2.29. The summed E-state index contributed by atoms with van der Waals surface area (Å²) in [5, 5.41) is 0. The van der Waals surface area contributed by atoms with Gasteiger partial charge in [0.25, 0.3) is 0 Å². The Labute approximate surface area is 90.3 Å². The summed E-state index contributed by atoms with van der Waals surface area (Å²) in [4.78, 5) is 11.5. The minimum Gasteiger partial charge on any atom is -0.370 e. The normalized spacial score (nSPS) is 21.6. The number of aryl methyl sites for hydroxylation is 1. The molecule has 2 rings (SSSR count). The second-order valence-electron chi connectivity index (χ2n) is 3.95. The molecule has 1 atom stereocenters. The molecule has 1 aliphatic rings. The first-order valence-corrected chi connectivity index (χ1v) is 5.54. The summed E-state index contributed by atoms with van der Waals surface area (Å²) >= 11 is 0. The zero-order valence-electron chi connectivity index (χ0n) is 8.82. The lowest BCUT2D eigenvalue weighted by molar-refractivity contribution is -0.135. The van der Waals surface area contributed by atoms with Crippen LogP contribution in [0.15, 0.2) is 30.3 Å². The predicted octanol–water partition coefficient (Wildman–Crippen LogP) is 2.37. The highest BCUT2D eigenvalue weighted by atomic mass is 16.5. The third-order valence-corrected chi connectivity index (χ3v) is 2.78. The van der Waals surface area contributed by atoms with Crippen LogP contribution in [-0.2, 0) is 16.0 Å². The average molecular weight is 204 g/mol. The molecule has 0 spiro atoms. The summed E-state index contributed by atoms with van der Waals surface area (Å²) in [6.07, 6.45) is 3.18. The van der Waals surface area contributed by atoms with Crippen molar-refractivity contribution in [3.8, 4) is 0 Å². The monoisotopic (exact) mass is 204 g/mol. The van der Waals surface area contributed by atoms with Crippen LogP contribution in [0.2, 0.25) is 0 Å². The van der Waals surface area contributed by atoms with Crippen molar-refractivity contribution >= 4 is 5.78 Å². The highest BCUT2D eigenvalue weighted by molar-refractivity contribution is 5.83. The van der Waals surface area contributed by atoms with Gasteiger partial charge in [-0.3, -0.25) is 4.79 Å². The van der Waals surface area contributed by atoms with E-state index < -0.39 is 0 Å². The summed E-state index contributed by atoms with van der Waals surface area (Å²) < 4.78 is 5.46. The fourth-order valence-corrected chi connectivity index (χ4v) is 1.91. The smallest absolute Gasteiger partial charge is 0.161 e. The van der Waals surface area contributed by atoms with Crippen LogP contribution >= 0.6 is 0 Å². The Balaban J connectivity index is 1.85. The molecule has 0 bridgehead atoms. The standard InChI is InChI=1S/C13H16O2/c14-12-7-4-10-15-13(12)9-8-11-5-2-1-3-6-11/h1-3,5-6,13H,4,7-10H2. The van der Waals surface area contributed by atoms with E-state index in [9.17, 15) is 4.79 Å². The molecule has 1 saturated heterocycles. The number of rotatable bonds is 3. The van der Waals surface area contributed by atoms with E-state index in [4.69, 9.17) is 4.74 Å². The van der Waals surface area contributed by atoms with E-state index in [1.54, 1.807) is 0 Å². The van der Waals surface area contributed by atoms with Crippen molar-refractivity contribution in [1.82, 2.24) is 0 Å². The van der Waals surface area contributed by atoms with E-state index in [1.165, 1.54) is 5.56 Å². The molecule has 0 amide bonds. The number of benzene rings is 1. The second-order valence-corrected chi connectivity index (χ2v) is 3.95. The van der Waals surface area contributed by atoms with Gasteiger partial charge in [0.05, 0.1) is 0 Å². The fraction of sp³-hybridized carbons (Fsp3) is 0.462. The summed E-state index contributed by atoms with van der Waals surface area (Å²) in [6, 6.07) is 10.2. The maximum absolute atomic E-state index is 11.5. The lowest BCUT2D eigenvalue weighted by Gasteiger charge is -2.21. The van der Waals surface area contributed by atoms with Crippen LogP contribution in [0.25, 0.3) is 0 Å². The van der Waals surface area contributed by atoms with Gasteiger partial charge in [-0.05, 0) is 24.8 Å². The number of carbonyl (C=O) groups is 1. The highest BCUT2D eigenvalue weighted by Gasteiger charge is 2.22. The van der Waals surface area contributed by atoms with Gasteiger partial charge >= 0.3 is 0 Å². The van der Waals surface area contributed by atoms with Crippen molar-refractivity contribution in [2.24, 2.45) is 0 Å². The Kier molecular flexibility index (Phi) is 3.51. The Hall–Kier alpha value is -1.15. The zero-order valence-corrected chi connectivity index (χ0v) is 8.82. The van der Waals surface area contributed by atoms with Gasteiger partial charge in [-0.2, -0.15) is 0 Å². The first-order valence-electron chi connectivity index (χ1n) is 5.54. The van der Waals surface area contributed by atoms with Crippen LogP contribution in [0, 0.1) is 0 Å². The van der Waals surface area contributed by atoms with Gasteiger partial charge in [-0.1, -0.05) is 30.3 Å². The molecule has 0 aromatic heterocycles. The van der Waals surface area contributed by atoms with Gasteiger partial charge < -0.3 is 4.74 Å². The highest BCUT2D eigenvalue weighted by Crippen LogP contribution is 2.14. The molecule has 1 aliphatic heterocycles. The molecule has 1 unspecified atom stereocenters. The number of ketones is 1. The van der Waals surface area contributed by atoms with Crippen molar-refractivity contribution in [1.29, 1.82) is 0 Å². The molecule has 1 aromatic carbocycles. The molecule has 80 valence electrons. The number of ether oxygens (including phenoxy) is 1. The summed E-state index contributed by atoms with van der Waals surface area (Å²) in [5.41, 5.74) is 1.28.